The second-order valence-electron chi connectivity index (χ2n) is 5.96. The average Bonchev–Trinajstić information content (AvgIpc) is 3.06. The van der Waals surface area contributed by atoms with Gasteiger partial charge in [0.05, 0.1) is 5.56 Å². The van der Waals surface area contributed by atoms with Crippen LogP contribution in [-0.4, -0.2) is 22.1 Å². The molecule has 1 N–H and O–H groups in total. The largest absolute Gasteiger partial charge is 0.454 e. The summed E-state index contributed by atoms with van der Waals surface area (Å²) in [7, 11) is 0. The van der Waals surface area contributed by atoms with Crippen LogP contribution >= 0.6 is 11.3 Å². The van der Waals surface area contributed by atoms with E-state index in [1.807, 2.05) is 37.3 Å². The Balaban J connectivity index is 1.59. The number of anilines is 1. The van der Waals surface area contributed by atoms with E-state index in [9.17, 15) is 9.59 Å². The van der Waals surface area contributed by atoms with Crippen molar-refractivity contribution in [2.24, 2.45) is 0 Å². The molecule has 0 spiro atoms. The fourth-order valence-electron chi connectivity index (χ4n) is 2.91. The molecule has 3 aromatic rings. The first-order chi connectivity index (χ1) is 12.6. The van der Waals surface area contributed by atoms with Crippen molar-refractivity contribution >= 4 is 28.3 Å². The standard InChI is InChI=1S/C19H15N3O3S/c1-11-21-22-19(26-11)20-17(23)13-7-8-15-14(9-13)10-16(25-18(15)24)12-5-3-2-4-6-12/h2-9,16H,10H2,1H3,(H,20,22,23). The molecule has 0 aliphatic carbocycles. The molecule has 1 aliphatic rings. The van der Waals surface area contributed by atoms with Crippen LogP contribution in [0.1, 0.15) is 43.0 Å². The summed E-state index contributed by atoms with van der Waals surface area (Å²) in [5, 5.41) is 11.7. The third-order valence-corrected chi connectivity index (χ3v) is 4.91. The van der Waals surface area contributed by atoms with Crippen molar-refractivity contribution in [2.75, 3.05) is 5.32 Å². The average molecular weight is 365 g/mol. The molecule has 26 heavy (non-hydrogen) atoms. The fraction of sp³-hybridized carbons (Fsp3) is 0.158. The number of cyclic esters (lactones) is 1. The minimum atomic E-state index is -0.369. The Morgan fingerprint density at radius 2 is 2.00 bits per heavy atom. The van der Waals surface area contributed by atoms with Gasteiger partial charge in [-0.3, -0.25) is 10.1 Å². The van der Waals surface area contributed by atoms with Gasteiger partial charge in [0.1, 0.15) is 11.1 Å². The quantitative estimate of drug-likeness (QED) is 0.718. The van der Waals surface area contributed by atoms with Gasteiger partial charge in [0.15, 0.2) is 0 Å². The van der Waals surface area contributed by atoms with E-state index >= 15 is 0 Å². The topological polar surface area (TPSA) is 81.2 Å². The first-order valence-electron chi connectivity index (χ1n) is 8.10. The van der Waals surface area contributed by atoms with Crippen LogP contribution in [0.3, 0.4) is 0 Å². The zero-order valence-corrected chi connectivity index (χ0v) is 14.7. The van der Waals surface area contributed by atoms with E-state index in [4.69, 9.17) is 4.74 Å². The molecular formula is C19H15N3O3S. The van der Waals surface area contributed by atoms with Crippen molar-refractivity contribution in [3.05, 3.63) is 75.8 Å². The second kappa shape index (κ2) is 6.68. The molecule has 0 fully saturated rings. The minimum Gasteiger partial charge on any atom is -0.454 e. The number of hydrogen-bond donors (Lipinski definition) is 1. The lowest BCUT2D eigenvalue weighted by Crippen LogP contribution is -2.23. The zero-order chi connectivity index (χ0) is 18.1. The van der Waals surface area contributed by atoms with Crippen molar-refractivity contribution < 1.29 is 14.3 Å². The highest BCUT2D eigenvalue weighted by Crippen LogP contribution is 2.31. The smallest absolute Gasteiger partial charge is 0.339 e. The number of ether oxygens (including phenoxy) is 1. The predicted octanol–water partition coefficient (Wildman–Crippen LogP) is 3.55. The summed E-state index contributed by atoms with van der Waals surface area (Å²) in [6.45, 7) is 1.82. The van der Waals surface area contributed by atoms with E-state index in [-0.39, 0.29) is 18.0 Å². The lowest BCUT2D eigenvalue weighted by Gasteiger charge is -2.25. The van der Waals surface area contributed by atoms with Gasteiger partial charge in [-0.05, 0) is 36.2 Å². The highest BCUT2D eigenvalue weighted by molar-refractivity contribution is 7.15. The number of benzene rings is 2. The van der Waals surface area contributed by atoms with E-state index in [1.54, 1.807) is 18.2 Å². The molecule has 0 radical (unpaired) electrons. The van der Waals surface area contributed by atoms with Crippen LogP contribution in [0.5, 0.6) is 0 Å². The number of rotatable bonds is 3. The van der Waals surface area contributed by atoms with Gasteiger partial charge in [0, 0.05) is 12.0 Å². The van der Waals surface area contributed by atoms with Crippen LogP contribution in [0, 0.1) is 6.92 Å². The monoisotopic (exact) mass is 365 g/mol. The number of nitrogens with zero attached hydrogens (tertiary/aromatic N) is 2. The van der Waals surface area contributed by atoms with Gasteiger partial charge in [-0.15, -0.1) is 10.2 Å². The summed E-state index contributed by atoms with van der Waals surface area (Å²) in [6, 6.07) is 14.6. The molecule has 1 aromatic heterocycles. The van der Waals surface area contributed by atoms with Gasteiger partial charge in [0.25, 0.3) is 5.91 Å². The Morgan fingerprint density at radius 1 is 1.19 bits per heavy atom. The van der Waals surface area contributed by atoms with Crippen LogP contribution in [0.2, 0.25) is 0 Å². The normalized spacial score (nSPS) is 15.9. The van der Waals surface area contributed by atoms with Crippen LogP contribution in [0.4, 0.5) is 5.13 Å². The first kappa shape index (κ1) is 16.4. The number of aryl methyl sites for hydroxylation is 1. The van der Waals surface area contributed by atoms with Crippen molar-refractivity contribution in [1.29, 1.82) is 0 Å². The molecule has 1 amide bonds. The van der Waals surface area contributed by atoms with Crippen molar-refractivity contribution in [1.82, 2.24) is 10.2 Å². The van der Waals surface area contributed by atoms with Crippen LogP contribution in [0.25, 0.3) is 0 Å². The SMILES string of the molecule is Cc1nnc(NC(=O)c2ccc3c(c2)CC(c2ccccc2)OC3=O)s1. The molecule has 4 rings (SSSR count). The molecular weight excluding hydrogens is 350 g/mol. The molecule has 2 aromatic carbocycles. The Hall–Kier alpha value is -3.06. The molecule has 0 bridgehead atoms. The van der Waals surface area contributed by atoms with E-state index in [2.05, 4.69) is 15.5 Å². The molecule has 1 atom stereocenters. The summed E-state index contributed by atoms with van der Waals surface area (Å²) < 4.78 is 5.54. The van der Waals surface area contributed by atoms with Gasteiger partial charge >= 0.3 is 5.97 Å². The Morgan fingerprint density at radius 3 is 2.73 bits per heavy atom. The first-order valence-corrected chi connectivity index (χ1v) is 8.92. The molecule has 1 unspecified atom stereocenters. The zero-order valence-electron chi connectivity index (χ0n) is 13.9. The highest BCUT2D eigenvalue weighted by atomic mass is 32.1. The summed E-state index contributed by atoms with van der Waals surface area (Å²) in [4.78, 5) is 24.8. The lowest BCUT2D eigenvalue weighted by atomic mass is 9.93. The maximum Gasteiger partial charge on any atom is 0.339 e. The lowest BCUT2D eigenvalue weighted by molar-refractivity contribution is 0.0252. The summed E-state index contributed by atoms with van der Waals surface area (Å²) in [5.74, 6) is -0.647. The number of aromatic nitrogens is 2. The van der Waals surface area contributed by atoms with E-state index in [0.717, 1.165) is 16.1 Å². The third kappa shape index (κ3) is 3.21. The molecule has 2 heterocycles. The molecule has 130 valence electrons. The number of esters is 1. The summed E-state index contributed by atoms with van der Waals surface area (Å²) in [5.41, 5.74) is 2.71. The number of carbonyl (C=O) groups excluding carboxylic acids is 2. The van der Waals surface area contributed by atoms with Gasteiger partial charge in [-0.25, -0.2) is 4.79 Å². The molecule has 6 nitrogen and oxygen atoms in total. The van der Waals surface area contributed by atoms with E-state index in [1.165, 1.54) is 11.3 Å². The van der Waals surface area contributed by atoms with E-state index < -0.39 is 0 Å². The number of hydrogen-bond acceptors (Lipinski definition) is 6. The number of amides is 1. The molecule has 0 saturated heterocycles. The van der Waals surface area contributed by atoms with Crippen LogP contribution in [-0.2, 0) is 11.2 Å². The predicted molar refractivity (Wildman–Crippen MR) is 97.3 cm³/mol. The van der Waals surface area contributed by atoms with Gasteiger partial charge in [-0.1, -0.05) is 41.7 Å². The molecule has 7 heteroatoms. The van der Waals surface area contributed by atoms with Crippen molar-refractivity contribution in [3.63, 3.8) is 0 Å². The van der Waals surface area contributed by atoms with Gasteiger partial charge in [0.2, 0.25) is 5.13 Å². The Bertz CT molecular complexity index is 985. The van der Waals surface area contributed by atoms with Crippen LogP contribution in [0.15, 0.2) is 48.5 Å². The highest BCUT2D eigenvalue weighted by Gasteiger charge is 2.28. The number of nitrogens with one attached hydrogen (secondary N) is 1. The summed E-state index contributed by atoms with van der Waals surface area (Å²) >= 11 is 1.31. The Labute approximate surface area is 153 Å². The Kier molecular flexibility index (Phi) is 4.22. The van der Waals surface area contributed by atoms with E-state index in [0.29, 0.717) is 22.7 Å². The molecule has 0 saturated carbocycles. The van der Waals surface area contributed by atoms with Gasteiger partial charge < -0.3 is 4.74 Å². The maximum absolute atomic E-state index is 12.5. The summed E-state index contributed by atoms with van der Waals surface area (Å²) in [6.07, 6.45) is 0.185. The van der Waals surface area contributed by atoms with Gasteiger partial charge in [-0.2, -0.15) is 0 Å². The third-order valence-electron chi connectivity index (χ3n) is 4.16. The molecule has 1 aliphatic heterocycles. The van der Waals surface area contributed by atoms with Crippen molar-refractivity contribution in [3.8, 4) is 0 Å². The number of fused-ring (bicyclic) bond motifs is 1. The fourth-order valence-corrected chi connectivity index (χ4v) is 3.49. The minimum absolute atomic E-state index is 0.279. The van der Waals surface area contributed by atoms with Crippen molar-refractivity contribution in [2.45, 2.75) is 19.4 Å². The number of carbonyl (C=O) groups is 2. The van der Waals surface area contributed by atoms with Crippen LogP contribution < -0.4 is 5.32 Å². The maximum atomic E-state index is 12.5. The second-order valence-corrected chi connectivity index (χ2v) is 7.14.